The molecule has 3 heterocycles. The van der Waals surface area contributed by atoms with Crippen LogP contribution < -0.4 is 20.3 Å². The number of carbonyl (C=O) groups excluding carboxylic acids is 2. The topological polar surface area (TPSA) is 128 Å². The first-order chi connectivity index (χ1) is 17.1. The zero-order valence-corrected chi connectivity index (χ0v) is 19.7. The van der Waals surface area contributed by atoms with Crippen molar-refractivity contribution < 1.29 is 23.8 Å². The van der Waals surface area contributed by atoms with Gasteiger partial charge in [0.15, 0.2) is 0 Å². The highest BCUT2D eigenvalue weighted by atomic mass is 16.5. The van der Waals surface area contributed by atoms with Crippen LogP contribution in [0.15, 0.2) is 36.8 Å². The number of pyridine rings is 1. The first kappa shape index (κ1) is 24.1. The summed E-state index contributed by atoms with van der Waals surface area (Å²) in [6.45, 7) is 2.93. The van der Waals surface area contributed by atoms with Crippen molar-refractivity contribution in [2.24, 2.45) is 0 Å². The number of esters is 1. The molecule has 0 saturated carbocycles. The van der Waals surface area contributed by atoms with E-state index in [9.17, 15) is 9.59 Å². The van der Waals surface area contributed by atoms with Gasteiger partial charge in [0.05, 0.1) is 38.6 Å². The monoisotopic (exact) mass is 480 g/mol. The molecule has 3 aromatic rings. The molecule has 2 N–H and O–H groups in total. The van der Waals surface area contributed by atoms with Gasteiger partial charge in [-0.15, -0.1) is 0 Å². The number of hydrogen-bond acceptors (Lipinski definition) is 10. The molecule has 11 heteroatoms. The third kappa shape index (κ3) is 6.12. The van der Waals surface area contributed by atoms with E-state index in [0.717, 1.165) is 24.6 Å². The van der Waals surface area contributed by atoms with Gasteiger partial charge in [-0.1, -0.05) is 0 Å². The molecule has 0 spiro atoms. The summed E-state index contributed by atoms with van der Waals surface area (Å²) in [7, 11) is 2.85. The molecule has 1 aromatic carbocycles. The van der Waals surface area contributed by atoms with E-state index in [1.807, 2.05) is 12.1 Å². The number of hydrogen-bond donors (Lipinski definition) is 2. The van der Waals surface area contributed by atoms with Gasteiger partial charge in [0, 0.05) is 55.3 Å². The molecular weight excluding hydrogens is 452 g/mol. The fourth-order valence-electron chi connectivity index (χ4n) is 3.76. The number of aromatic nitrogens is 3. The summed E-state index contributed by atoms with van der Waals surface area (Å²) >= 11 is 0. The van der Waals surface area contributed by atoms with Crippen molar-refractivity contribution in [1.29, 1.82) is 0 Å². The predicted molar refractivity (Wildman–Crippen MR) is 131 cm³/mol. The number of fused-ring (bicyclic) bond motifs is 1. The third-order valence-corrected chi connectivity index (χ3v) is 5.59. The highest BCUT2D eigenvalue weighted by molar-refractivity contribution is 5.99. The third-order valence-electron chi connectivity index (χ3n) is 5.59. The van der Waals surface area contributed by atoms with Crippen LogP contribution in [0.3, 0.4) is 0 Å². The second kappa shape index (κ2) is 11.4. The Balaban J connectivity index is 1.55. The Morgan fingerprint density at radius 2 is 1.91 bits per heavy atom. The molecule has 0 atom stereocenters. The van der Waals surface area contributed by atoms with E-state index >= 15 is 0 Å². The zero-order chi connectivity index (χ0) is 24.6. The van der Waals surface area contributed by atoms with Crippen molar-refractivity contribution in [2.45, 2.75) is 19.3 Å². The van der Waals surface area contributed by atoms with Gasteiger partial charge in [0.25, 0.3) is 0 Å². The second-order valence-electron chi connectivity index (χ2n) is 7.90. The lowest BCUT2D eigenvalue weighted by Gasteiger charge is -2.28. The van der Waals surface area contributed by atoms with Crippen LogP contribution in [0.1, 0.15) is 19.3 Å². The lowest BCUT2D eigenvalue weighted by Crippen LogP contribution is -2.36. The molecule has 1 aliphatic rings. The van der Waals surface area contributed by atoms with E-state index in [-0.39, 0.29) is 24.7 Å². The van der Waals surface area contributed by atoms with Crippen molar-refractivity contribution in [3.8, 4) is 5.75 Å². The number of methoxy groups -OCH3 is 2. The summed E-state index contributed by atoms with van der Waals surface area (Å²) in [6, 6.07) is 7.36. The van der Waals surface area contributed by atoms with Crippen LogP contribution in [0, 0.1) is 0 Å². The molecule has 4 rings (SSSR count). The molecule has 2 aromatic heterocycles. The average molecular weight is 481 g/mol. The van der Waals surface area contributed by atoms with Gasteiger partial charge in [-0.3, -0.25) is 9.59 Å². The molecule has 184 valence electrons. The molecule has 1 saturated heterocycles. The summed E-state index contributed by atoms with van der Waals surface area (Å²) in [5.74, 6) is 1.34. The van der Waals surface area contributed by atoms with E-state index in [1.54, 1.807) is 18.3 Å². The Hall–Kier alpha value is -3.99. The molecule has 11 nitrogen and oxygen atoms in total. The van der Waals surface area contributed by atoms with E-state index < -0.39 is 0 Å². The van der Waals surface area contributed by atoms with Crippen LogP contribution in [0.25, 0.3) is 10.9 Å². The van der Waals surface area contributed by atoms with Gasteiger partial charge in [0.2, 0.25) is 5.91 Å². The molecule has 0 radical (unpaired) electrons. The van der Waals surface area contributed by atoms with Crippen LogP contribution in [-0.4, -0.2) is 67.4 Å². The maximum absolute atomic E-state index is 12.5. The Morgan fingerprint density at radius 1 is 1.09 bits per heavy atom. The number of amides is 1. The Kier molecular flexibility index (Phi) is 7.88. The summed E-state index contributed by atoms with van der Waals surface area (Å²) in [6.07, 6.45) is 3.96. The summed E-state index contributed by atoms with van der Waals surface area (Å²) < 4.78 is 15.5. The van der Waals surface area contributed by atoms with E-state index in [2.05, 4.69) is 35.2 Å². The first-order valence-electron chi connectivity index (χ1n) is 11.3. The van der Waals surface area contributed by atoms with E-state index in [1.165, 1.54) is 20.5 Å². The first-order valence-corrected chi connectivity index (χ1v) is 11.3. The Labute approximate surface area is 202 Å². The highest BCUT2D eigenvalue weighted by Gasteiger charge is 2.15. The SMILES string of the molecule is COC(=O)CCCC(=O)Nc1cc2c(Nc3ccnc(N4CCOCC4)c3)ncnc2cc1OC. The van der Waals surface area contributed by atoms with Crippen LogP contribution in [0.4, 0.5) is 23.0 Å². The number of benzene rings is 1. The number of morpholine rings is 1. The van der Waals surface area contributed by atoms with Gasteiger partial charge in [-0.05, 0) is 18.6 Å². The number of nitrogens with one attached hydrogen (secondary N) is 2. The van der Waals surface area contributed by atoms with E-state index in [4.69, 9.17) is 9.47 Å². The fraction of sp³-hybridized carbons (Fsp3) is 0.375. The predicted octanol–water partition coefficient (Wildman–Crippen LogP) is 2.90. The highest BCUT2D eigenvalue weighted by Crippen LogP contribution is 2.33. The minimum atomic E-state index is -0.346. The van der Waals surface area contributed by atoms with Crippen LogP contribution in [0.2, 0.25) is 0 Å². The summed E-state index contributed by atoms with van der Waals surface area (Å²) in [5, 5.41) is 6.92. The van der Waals surface area contributed by atoms with Crippen molar-refractivity contribution in [1.82, 2.24) is 15.0 Å². The molecule has 1 aliphatic heterocycles. The number of carbonyl (C=O) groups is 2. The van der Waals surface area contributed by atoms with Crippen LogP contribution >= 0.6 is 0 Å². The van der Waals surface area contributed by atoms with Gasteiger partial charge in [-0.2, -0.15) is 0 Å². The maximum Gasteiger partial charge on any atom is 0.305 e. The smallest absolute Gasteiger partial charge is 0.305 e. The van der Waals surface area contributed by atoms with Gasteiger partial charge >= 0.3 is 5.97 Å². The number of ether oxygens (including phenoxy) is 3. The maximum atomic E-state index is 12.5. The lowest BCUT2D eigenvalue weighted by molar-refractivity contribution is -0.140. The number of nitrogens with zero attached hydrogens (tertiary/aromatic N) is 4. The number of rotatable bonds is 9. The second-order valence-corrected chi connectivity index (χ2v) is 7.90. The largest absolute Gasteiger partial charge is 0.494 e. The quantitative estimate of drug-likeness (QED) is 0.441. The average Bonchev–Trinajstić information content (AvgIpc) is 2.89. The molecule has 1 amide bonds. The molecule has 0 bridgehead atoms. The van der Waals surface area contributed by atoms with Crippen molar-refractivity contribution >= 4 is 45.8 Å². The van der Waals surface area contributed by atoms with Gasteiger partial charge in [-0.25, -0.2) is 15.0 Å². The molecule has 0 unspecified atom stereocenters. The fourth-order valence-corrected chi connectivity index (χ4v) is 3.76. The van der Waals surface area contributed by atoms with Gasteiger partial charge in [0.1, 0.15) is 23.7 Å². The molecule has 35 heavy (non-hydrogen) atoms. The number of anilines is 4. The Morgan fingerprint density at radius 3 is 2.69 bits per heavy atom. The molecule has 1 fully saturated rings. The van der Waals surface area contributed by atoms with Gasteiger partial charge < -0.3 is 29.7 Å². The minimum Gasteiger partial charge on any atom is -0.494 e. The van der Waals surface area contributed by atoms with E-state index in [0.29, 0.717) is 47.8 Å². The normalized spacial score (nSPS) is 13.4. The van der Waals surface area contributed by atoms with Crippen LogP contribution in [0.5, 0.6) is 5.75 Å². The standard InChI is InChI=1S/C24H28N6O5/c1-33-20-14-18-17(13-19(20)29-22(31)4-3-5-23(32)34-2)24(27-15-26-18)28-16-6-7-25-21(12-16)30-8-10-35-11-9-30/h6-7,12-15H,3-5,8-11H2,1-2H3,(H,29,31)(H,25,26,27,28). The summed E-state index contributed by atoms with van der Waals surface area (Å²) in [5.41, 5.74) is 1.97. The molecule has 0 aliphatic carbocycles. The lowest BCUT2D eigenvalue weighted by atomic mass is 10.1. The zero-order valence-electron chi connectivity index (χ0n) is 19.7. The summed E-state index contributed by atoms with van der Waals surface area (Å²) in [4.78, 5) is 39.2. The van der Waals surface area contributed by atoms with Crippen LogP contribution in [-0.2, 0) is 19.1 Å². The van der Waals surface area contributed by atoms with Crippen molar-refractivity contribution in [3.63, 3.8) is 0 Å². The molecular formula is C24H28N6O5. The van der Waals surface area contributed by atoms with Crippen molar-refractivity contribution in [2.75, 3.05) is 56.1 Å². The Bertz CT molecular complexity index is 1200. The minimum absolute atomic E-state index is 0.175. The van der Waals surface area contributed by atoms with Crippen molar-refractivity contribution in [3.05, 3.63) is 36.8 Å².